The summed E-state index contributed by atoms with van der Waals surface area (Å²) in [5, 5.41) is 4.09. The predicted octanol–water partition coefficient (Wildman–Crippen LogP) is 1.24. The number of aryl methyl sites for hydroxylation is 1. The van der Waals surface area contributed by atoms with Gasteiger partial charge >= 0.3 is 0 Å². The maximum Gasteiger partial charge on any atom is 0.0548 e. The fourth-order valence-electron chi connectivity index (χ4n) is 1.43. The molecule has 0 aliphatic carbocycles. The van der Waals surface area contributed by atoms with Gasteiger partial charge in [-0.05, 0) is 25.8 Å². The summed E-state index contributed by atoms with van der Waals surface area (Å²) in [6, 6.07) is 2.02. The number of methoxy groups -OCH3 is 1. The second-order valence-electron chi connectivity index (χ2n) is 3.61. The molecule has 1 heterocycles. The van der Waals surface area contributed by atoms with Gasteiger partial charge in [0, 0.05) is 26.4 Å². The average Bonchev–Trinajstić information content (AvgIpc) is 2.60. The minimum absolute atomic E-state index is 0.0556. The quantitative estimate of drug-likeness (QED) is 0.772. The lowest BCUT2D eigenvalue weighted by Gasteiger charge is -2.14. The van der Waals surface area contributed by atoms with E-state index in [2.05, 4.69) is 12.0 Å². The third kappa shape index (κ3) is 2.82. The Morgan fingerprint density at radius 2 is 2.29 bits per heavy atom. The summed E-state index contributed by atoms with van der Waals surface area (Å²) >= 11 is 0. The zero-order chi connectivity index (χ0) is 10.6. The van der Waals surface area contributed by atoms with E-state index in [-0.39, 0.29) is 12.1 Å². The first-order chi connectivity index (χ1) is 6.65. The second-order valence-corrected chi connectivity index (χ2v) is 3.61. The molecule has 1 aromatic rings. The van der Waals surface area contributed by atoms with Crippen LogP contribution in [-0.2, 0) is 11.8 Å². The molecule has 0 spiro atoms. The van der Waals surface area contributed by atoms with Crippen molar-refractivity contribution < 1.29 is 4.74 Å². The van der Waals surface area contributed by atoms with Gasteiger partial charge in [-0.15, -0.1) is 0 Å². The van der Waals surface area contributed by atoms with Crippen molar-refractivity contribution >= 4 is 0 Å². The van der Waals surface area contributed by atoms with Crippen molar-refractivity contribution in [3.8, 4) is 0 Å². The maximum atomic E-state index is 6.03. The Hall–Kier alpha value is -0.870. The van der Waals surface area contributed by atoms with Gasteiger partial charge in [0.05, 0.1) is 11.8 Å². The molecule has 1 rings (SSSR count). The molecule has 0 aliphatic rings. The molecule has 14 heavy (non-hydrogen) atoms. The van der Waals surface area contributed by atoms with Crippen molar-refractivity contribution in [2.75, 3.05) is 7.11 Å². The van der Waals surface area contributed by atoms with Crippen molar-refractivity contribution in [3.63, 3.8) is 0 Å². The summed E-state index contributed by atoms with van der Waals surface area (Å²) in [5.74, 6) is 0. The van der Waals surface area contributed by atoms with Gasteiger partial charge in [-0.1, -0.05) is 0 Å². The topological polar surface area (TPSA) is 53.1 Å². The first-order valence-corrected chi connectivity index (χ1v) is 4.91. The van der Waals surface area contributed by atoms with Crippen molar-refractivity contribution in [2.24, 2.45) is 12.8 Å². The van der Waals surface area contributed by atoms with Crippen LogP contribution in [0.15, 0.2) is 12.3 Å². The molecule has 0 bridgehead atoms. The van der Waals surface area contributed by atoms with Crippen molar-refractivity contribution in [1.29, 1.82) is 0 Å². The highest BCUT2D eigenvalue weighted by atomic mass is 16.5. The highest BCUT2D eigenvalue weighted by molar-refractivity contribution is 5.05. The third-order valence-corrected chi connectivity index (χ3v) is 2.53. The molecular formula is C10H19N3O. The molecule has 4 nitrogen and oxygen atoms in total. The molecule has 2 N–H and O–H groups in total. The second kappa shape index (κ2) is 5.12. The molecule has 2 atom stereocenters. The molecule has 0 amide bonds. The van der Waals surface area contributed by atoms with E-state index in [4.69, 9.17) is 10.5 Å². The number of nitrogens with zero attached hydrogens (tertiary/aromatic N) is 2. The SMILES string of the molecule is COC(C)CCC(N)c1ccnn1C. The van der Waals surface area contributed by atoms with Crippen LogP contribution in [0.2, 0.25) is 0 Å². The fraction of sp³-hybridized carbons (Fsp3) is 0.700. The van der Waals surface area contributed by atoms with Crippen LogP contribution in [0.5, 0.6) is 0 Å². The Morgan fingerprint density at radius 3 is 2.79 bits per heavy atom. The van der Waals surface area contributed by atoms with Crippen molar-refractivity contribution in [1.82, 2.24) is 9.78 Å². The van der Waals surface area contributed by atoms with Crippen LogP contribution >= 0.6 is 0 Å². The molecular weight excluding hydrogens is 178 g/mol. The van der Waals surface area contributed by atoms with E-state index in [1.54, 1.807) is 13.3 Å². The monoisotopic (exact) mass is 197 g/mol. The Labute approximate surface area is 85.0 Å². The van der Waals surface area contributed by atoms with E-state index < -0.39 is 0 Å². The van der Waals surface area contributed by atoms with Gasteiger partial charge in [0.1, 0.15) is 0 Å². The molecule has 0 saturated carbocycles. The highest BCUT2D eigenvalue weighted by Crippen LogP contribution is 2.16. The first kappa shape index (κ1) is 11.2. The summed E-state index contributed by atoms with van der Waals surface area (Å²) in [7, 11) is 3.63. The van der Waals surface area contributed by atoms with Gasteiger partial charge < -0.3 is 10.5 Å². The van der Waals surface area contributed by atoms with Crippen molar-refractivity contribution in [2.45, 2.75) is 31.9 Å². The lowest BCUT2D eigenvalue weighted by Crippen LogP contribution is -2.17. The van der Waals surface area contributed by atoms with Gasteiger partial charge in [-0.25, -0.2) is 0 Å². The Kier molecular flexibility index (Phi) is 4.10. The zero-order valence-corrected chi connectivity index (χ0v) is 9.10. The van der Waals surface area contributed by atoms with Crippen LogP contribution in [0.25, 0.3) is 0 Å². The van der Waals surface area contributed by atoms with Gasteiger partial charge in [-0.3, -0.25) is 4.68 Å². The third-order valence-electron chi connectivity index (χ3n) is 2.53. The number of aromatic nitrogens is 2. The molecule has 0 saturated heterocycles. The van der Waals surface area contributed by atoms with E-state index in [0.29, 0.717) is 0 Å². The maximum absolute atomic E-state index is 6.03. The summed E-state index contributed by atoms with van der Waals surface area (Å²) < 4.78 is 6.99. The van der Waals surface area contributed by atoms with E-state index in [9.17, 15) is 0 Å². The smallest absolute Gasteiger partial charge is 0.0548 e. The van der Waals surface area contributed by atoms with Crippen LogP contribution in [0.4, 0.5) is 0 Å². The standard InChI is InChI=1S/C10H19N3O/c1-8(14-3)4-5-9(11)10-6-7-12-13(10)2/h6-9H,4-5,11H2,1-3H3. The Bertz CT molecular complexity index is 272. The summed E-state index contributed by atoms with van der Waals surface area (Å²) in [4.78, 5) is 0. The molecule has 0 aromatic carbocycles. The summed E-state index contributed by atoms with van der Waals surface area (Å²) in [6.45, 7) is 2.05. The average molecular weight is 197 g/mol. The number of ether oxygens (including phenoxy) is 1. The van der Waals surface area contributed by atoms with E-state index in [1.807, 2.05) is 17.8 Å². The predicted molar refractivity (Wildman–Crippen MR) is 55.8 cm³/mol. The fourth-order valence-corrected chi connectivity index (χ4v) is 1.43. The number of hydrogen-bond donors (Lipinski definition) is 1. The molecule has 80 valence electrons. The zero-order valence-electron chi connectivity index (χ0n) is 9.10. The summed E-state index contributed by atoms with van der Waals surface area (Å²) in [6.07, 6.45) is 3.95. The molecule has 0 radical (unpaired) electrons. The molecule has 4 heteroatoms. The number of rotatable bonds is 5. The lowest BCUT2D eigenvalue weighted by atomic mass is 10.1. The largest absolute Gasteiger partial charge is 0.382 e. The molecule has 2 unspecified atom stereocenters. The minimum Gasteiger partial charge on any atom is -0.382 e. The molecule has 0 fully saturated rings. The number of hydrogen-bond acceptors (Lipinski definition) is 3. The highest BCUT2D eigenvalue weighted by Gasteiger charge is 2.11. The summed E-state index contributed by atoms with van der Waals surface area (Å²) in [5.41, 5.74) is 7.10. The van der Waals surface area contributed by atoms with E-state index in [0.717, 1.165) is 18.5 Å². The number of nitrogens with two attached hydrogens (primary N) is 1. The molecule has 1 aromatic heterocycles. The minimum atomic E-state index is 0.0556. The van der Waals surface area contributed by atoms with Gasteiger partial charge in [0.25, 0.3) is 0 Å². The van der Waals surface area contributed by atoms with Crippen LogP contribution in [0, 0.1) is 0 Å². The lowest BCUT2D eigenvalue weighted by molar-refractivity contribution is 0.107. The van der Waals surface area contributed by atoms with Crippen LogP contribution in [0.1, 0.15) is 31.5 Å². The normalized spacial score (nSPS) is 15.4. The van der Waals surface area contributed by atoms with E-state index in [1.165, 1.54) is 0 Å². The van der Waals surface area contributed by atoms with Crippen LogP contribution < -0.4 is 5.73 Å². The van der Waals surface area contributed by atoms with Crippen LogP contribution in [-0.4, -0.2) is 23.0 Å². The van der Waals surface area contributed by atoms with Gasteiger partial charge in [0.2, 0.25) is 0 Å². The van der Waals surface area contributed by atoms with Gasteiger partial charge in [0.15, 0.2) is 0 Å². The Balaban J connectivity index is 2.43. The van der Waals surface area contributed by atoms with Crippen molar-refractivity contribution in [3.05, 3.63) is 18.0 Å². The van der Waals surface area contributed by atoms with E-state index >= 15 is 0 Å². The van der Waals surface area contributed by atoms with Gasteiger partial charge in [-0.2, -0.15) is 5.10 Å². The van der Waals surface area contributed by atoms with Crippen LogP contribution in [0.3, 0.4) is 0 Å². The Morgan fingerprint density at radius 1 is 1.57 bits per heavy atom. The molecule has 0 aliphatic heterocycles. The first-order valence-electron chi connectivity index (χ1n) is 4.91.